The van der Waals surface area contributed by atoms with Crippen LogP contribution in [0, 0.1) is 5.92 Å². The second-order valence-corrected chi connectivity index (χ2v) is 7.21. The van der Waals surface area contributed by atoms with Crippen molar-refractivity contribution in [2.75, 3.05) is 20.3 Å². The zero-order valence-corrected chi connectivity index (χ0v) is 13.3. The van der Waals surface area contributed by atoms with Crippen LogP contribution in [0.4, 0.5) is 0 Å². The summed E-state index contributed by atoms with van der Waals surface area (Å²) < 4.78 is 5.20. The number of hydrogen-bond acceptors (Lipinski definition) is 4. The summed E-state index contributed by atoms with van der Waals surface area (Å²) in [5, 5.41) is 5.06. The van der Waals surface area contributed by atoms with Crippen LogP contribution in [0.25, 0.3) is 0 Å². The molecule has 1 aromatic rings. The minimum absolute atomic E-state index is 0.459. The van der Waals surface area contributed by atoms with E-state index in [1.807, 2.05) is 11.3 Å². The van der Waals surface area contributed by atoms with Crippen molar-refractivity contribution in [3.63, 3.8) is 0 Å². The Labute approximate surface area is 126 Å². The number of hydrogen-bond donors (Lipinski definition) is 1. The number of nitrogens with zero attached hydrogens (tertiary/aromatic N) is 1. The zero-order valence-electron chi connectivity index (χ0n) is 12.5. The lowest BCUT2D eigenvalue weighted by atomic mass is 9.84. The molecule has 1 heterocycles. The predicted molar refractivity (Wildman–Crippen MR) is 83.3 cm³/mol. The second kappa shape index (κ2) is 7.01. The molecule has 1 atom stereocenters. The lowest BCUT2D eigenvalue weighted by Gasteiger charge is -2.29. The third kappa shape index (κ3) is 3.23. The van der Waals surface area contributed by atoms with Gasteiger partial charge in [-0.05, 0) is 38.0 Å². The predicted octanol–water partition coefficient (Wildman–Crippen LogP) is 3.49. The molecule has 0 bridgehead atoms. The van der Waals surface area contributed by atoms with Gasteiger partial charge in [-0.3, -0.25) is 0 Å². The molecule has 112 valence electrons. The van der Waals surface area contributed by atoms with Gasteiger partial charge in [-0.1, -0.05) is 19.3 Å². The summed E-state index contributed by atoms with van der Waals surface area (Å²) in [7, 11) is 1.77. The Morgan fingerprint density at radius 3 is 2.85 bits per heavy atom. The van der Waals surface area contributed by atoms with Gasteiger partial charge in [0, 0.05) is 18.5 Å². The fourth-order valence-corrected chi connectivity index (χ4v) is 4.91. The summed E-state index contributed by atoms with van der Waals surface area (Å²) in [6, 6.07) is 0.459. The Bertz CT molecular complexity index is 405. The number of aryl methyl sites for hydroxylation is 2. The molecule has 3 nitrogen and oxygen atoms in total. The van der Waals surface area contributed by atoms with E-state index in [4.69, 9.17) is 9.72 Å². The summed E-state index contributed by atoms with van der Waals surface area (Å²) >= 11 is 1.97. The van der Waals surface area contributed by atoms with Gasteiger partial charge in [-0.25, -0.2) is 4.98 Å². The molecule has 0 aromatic carbocycles. The number of fused-ring (bicyclic) bond motifs is 1. The van der Waals surface area contributed by atoms with Crippen molar-refractivity contribution in [3.8, 4) is 0 Å². The van der Waals surface area contributed by atoms with Crippen LogP contribution in [0.3, 0.4) is 0 Å². The molecular weight excluding hydrogens is 268 g/mol. The first-order chi connectivity index (χ1) is 9.88. The Balaban J connectivity index is 1.72. The highest BCUT2D eigenvalue weighted by Gasteiger charge is 2.29. The molecule has 3 rings (SSSR count). The molecule has 0 amide bonds. The summed E-state index contributed by atoms with van der Waals surface area (Å²) in [4.78, 5) is 6.51. The standard InChI is InChI=1S/C16H26N2OS/c1-19-11-10-17-15(12-6-3-2-4-7-12)16-18-13-8-5-9-14(13)20-16/h12,15,17H,2-11H2,1H3. The Morgan fingerprint density at radius 2 is 2.10 bits per heavy atom. The average Bonchev–Trinajstić information content (AvgIpc) is 3.06. The van der Waals surface area contributed by atoms with Crippen molar-refractivity contribution in [1.29, 1.82) is 0 Å². The first-order valence-corrected chi connectivity index (χ1v) is 8.91. The fourth-order valence-electron chi connectivity index (χ4n) is 3.58. The summed E-state index contributed by atoms with van der Waals surface area (Å²) in [5.41, 5.74) is 1.39. The lowest BCUT2D eigenvalue weighted by molar-refractivity contribution is 0.184. The minimum atomic E-state index is 0.459. The van der Waals surface area contributed by atoms with Crippen molar-refractivity contribution in [2.24, 2.45) is 5.92 Å². The molecule has 4 heteroatoms. The molecule has 1 fully saturated rings. The largest absolute Gasteiger partial charge is 0.383 e. The van der Waals surface area contributed by atoms with Crippen molar-refractivity contribution in [1.82, 2.24) is 10.3 Å². The van der Waals surface area contributed by atoms with Gasteiger partial charge in [0.15, 0.2) is 0 Å². The van der Waals surface area contributed by atoms with Gasteiger partial charge < -0.3 is 10.1 Å². The Hall–Kier alpha value is -0.450. The summed E-state index contributed by atoms with van der Waals surface area (Å²) in [6.07, 6.45) is 10.7. The number of thiazole rings is 1. The van der Waals surface area contributed by atoms with Gasteiger partial charge in [0.1, 0.15) is 5.01 Å². The Kier molecular flexibility index (Phi) is 5.08. The molecule has 0 radical (unpaired) electrons. The highest BCUT2D eigenvalue weighted by Crippen LogP contribution is 2.38. The normalized spacial score (nSPS) is 21.1. The van der Waals surface area contributed by atoms with E-state index >= 15 is 0 Å². The molecule has 0 spiro atoms. The topological polar surface area (TPSA) is 34.1 Å². The van der Waals surface area contributed by atoms with E-state index in [0.29, 0.717) is 6.04 Å². The van der Waals surface area contributed by atoms with E-state index in [-0.39, 0.29) is 0 Å². The van der Waals surface area contributed by atoms with Gasteiger partial charge in [0.25, 0.3) is 0 Å². The monoisotopic (exact) mass is 294 g/mol. The maximum atomic E-state index is 5.20. The quantitative estimate of drug-likeness (QED) is 0.816. The van der Waals surface area contributed by atoms with E-state index in [1.165, 1.54) is 62.1 Å². The van der Waals surface area contributed by atoms with Crippen LogP contribution in [-0.2, 0) is 17.6 Å². The lowest BCUT2D eigenvalue weighted by Crippen LogP contribution is -2.32. The van der Waals surface area contributed by atoms with Gasteiger partial charge in [-0.2, -0.15) is 0 Å². The molecule has 1 N–H and O–H groups in total. The molecule has 2 aliphatic rings. The van der Waals surface area contributed by atoms with E-state index in [1.54, 1.807) is 12.0 Å². The molecule has 1 unspecified atom stereocenters. The molecule has 0 saturated heterocycles. The molecular formula is C16H26N2OS. The molecule has 1 saturated carbocycles. The van der Waals surface area contributed by atoms with E-state index in [0.717, 1.165) is 19.1 Å². The molecule has 2 aliphatic carbocycles. The van der Waals surface area contributed by atoms with E-state index in [9.17, 15) is 0 Å². The molecule has 0 aliphatic heterocycles. The third-order valence-electron chi connectivity index (χ3n) is 4.67. The van der Waals surface area contributed by atoms with Gasteiger partial charge in [0.05, 0.1) is 18.3 Å². The second-order valence-electron chi connectivity index (χ2n) is 6.10. The maximum absolute atomic E-state index is 5.20. The van der Waals surface area contributed by atoms with Crippen LogP contribution >= 0.6 is 11.3 Å². The number of ether oxygens (including phenoxy) is 1. The molecule has 1 aromatic heterocycles. The zero-order chi connectivity index (χ0) is 13.8. The molecule has 20 heavy (non-hydrogen) atoms. The van der Waals surface area contributed by atoms with Crippen molar-refractivity contribution in [3.05, 3.63) is 15.6 Å². The van der Waals surface area contributed by atoms with Gasteiger partial charge in [0.2, 0.25) is 0 Å². The summed E-state index contributed by atoms with van der Waals surface area (Å²) in [6.45, 7) is 1.72. The first kappa shape index (κ1) is 14.5. The van der Waals surface area contributed by atoms with Crippen LogP contribution in [-0.4, -0.2) is 25.2 Å². The Morgan fingerprint density at radius 1 is 1.25 bits per heavy atom. The number of methoxy groups -OCH3 is 1. The van der Waals surface area contributed by atoms with Crippen molar-refractivity contribution < 1.29 is 4.74 Å². The average molecular weight is 294 g/mol. The maximum Gasteiger partial charge on any atom is 0.110 e. The van der Waals surface area contributed by atoms with Crippen molar-refractivity contribution in [2.45, 2.75) is 57.4 Å². The minimum Gasteiger partial charge on any atom is -0.383 e. The number of aromatic nitrogens is 1. The van der Waals surface area contributed by atoms with Crippen molar-refractivity contribution >= 4 is 11.3 Å². The van der Waals surface area contributed by atoms with Crippen LogP contribution in [0.5, 0.6) is 0 Å². The van der Waals surface area contributed by atoms with Crippen LogP contribution in [0.2, 0.25) is 0 Å². The van der Waals surface area contributed by atoms with Crippen LogP contribution < -0.4 is 5.32 Å². The highest BCUT2D eigenvalue weighted by molar-refractivity contribution is 7.11. The fraction of sp³-hybridized carbons (Fsp3) is 0.812. The van der Waals surface area contributed by atoms with Gasteiger partial charge in [-0.15, -0.1) is 11.3 Å². The van der Waals surface area contributed by atoms with E-state index in [2.05, 4.69) is 5.32 Å². The number of rotatable bonds is 6. The number of nitrogens with one attached hydrogen (secondary N) is 1. The first-order valence-electron chi connectivity index (χ1n) is 8.09. The van der Waals surface area contributed by atoms with Crippen LogP contribution in [0.15, 0.2) is 0 Å². The SMILES string of the molecule is COCCNC(c1nc2c(s1)CCC2)C1CCCCC1. The van der Waals surface area contributed by atoms with Crippen LogP contribution in [0.1, 0.15) is 60.1 Å². The van der Waals surface area contributed by atoms with Gasteiger partial charge >= 0.3 is 0 Å². The third-order valence-corrected chi connectivity index (χ3v) is 5.91. The highest BCUT2D eigenvalue weighted by atomic mass is 32.1. The van der Waals surface area contributed by atoms with E-state index < -0.39 is 0 Å². The smallest absolute Gasteiger partial charge is 0.110 e. The summed E-state index contributed by atoms with van der Waals surface area (Å²) in [5.74, 6) is 0.770.